The molecule has 136 valence electrons. The molecule has 7 nitrogen and oxygen atoms in total. The topological polar surface area (TPSA) is 68.4 Å². The van der Waals surface area contributed by atoms with Gasteiger partial charge in [0.15, 0.2) is 12.0 Å². The molecular weight excluding hydrogens is 364 g/mol. The van der Waals surface area contributed by atoms with E-state index in [-0.39, 0.29) is 6.17 Å². The Morgan fingerprint density at radius 1 is 1.04 bits per heavy atom. The van der Waals surface area contributed by atoms with Gasteiger partial charge in [-0.25, -0.2) is 4.98 Å². The van der Waals surface area contributed by atoms with Crippen LogP contribution in [0.15, 0.2) is 53.8 Å². The molecule has 8 heteroatoms. The molecule has 0 amide bonds. The van der Waals surface area contributed by atoms with Gasteiger partial charge in [-0.3, -0.25) is 14.5 Å². The normalized spacial score (nSPS) is 19.7. The van der Waals surface area contributed by atoms with E-state index >= 15 is 0 Å². The number of hydrogen-bond donors (Lipinski definition) is 0. The summed E-state index contributed by atoms with van der Waals surface area (Å²) in [5.41, 5.74) is 3.39. The van der Waals surface area contributed by atoms with Gasteiger partial charge < -0.3 is 4.74 Å². The Balaban J connectivity index is 1.75. The van der Waals surface area contributed by atoms with Crippen molar-refractivity contribution in [3.8, 4) is 5.69 Å². The summed E-state index contributed by atoms with van der Waals surface area (Å²) in [6.45, 7) is 2.93. The minimum atomic E-state index is -0.264. The van der Waals surface area contributed by atoms with Crippen LogP contribution in [0, 0.1) is 0 Å². The zero-order valence-corrected chi connectivity index (χ0v) is 15.3. The average Bonchev–Trinajstić information content (AvgIpc) is 3.15. The van der Waals surface area contributed by atoms with Crippen molar-refractivity contribution in [2.75, 3.05) is 26.3 Å². The fourth-order valence-electron chi connectivity index (χ4n) is 3.52. The first-order valence-corrected chi connectivity index (χ1v) is 9.21. The van der Waals surface area contributed by atoms with E-state index in [4.69, 9.17) is 21.3 Å². The van der Waals surface area contributed by atoms with E-state index in [1.54, 1.807) is 12.4 Å². The summed E-state index contributed by atoms with van der Waals surface area (Å²) < 4.78 is 7.47. The molecule has 2 aliphatic heterocycles. The Hall–Kier alpha value is -2.61. The predicted molar refractivity (Wildman–Crippen MR) is 101 cm³/mol. The van der Waals surface area contributed by atoms with E-state index in [2.05, 4.69) is 20.1 Å². The number of nitrogens with zero attached hydrogens (tertiary/aromatic N) is 6. The van der Waals surface area contributed by atoms with E-state index in [0.29, 0.717) is 18.4 Å². The Kier molecular flexibility index (Phi) is 4.20. The number of pyridine rings is 1. The second-order valence-corrected chi connectivity index (χ2v) is 6.81. The summed E-state index contributed by atoms with van der Waals surface area (Å²) in [5.74, 6) is 0.771. The first-order chi connectivity index (χ1) is 13.3. The quantitative estimate of drug-likeness (QED) is 0.639. The molecule has 1 saturated heterocycles. The molecule has 0 spiro atoms. The molecule has 1 aromatic carbocycles. The van der Waals surface area contributed by atoms with E-state index < -0.39 is 0 Å². The number of morpholine rings is 1. The smallest absolute Gasteiger partial charge is 0.177 e. The number of rotatable bonds is 2. The highest BCUT2D eigenvalue weighted by Crippen LogP contribution is 2.31. The monoisotopic (exact) mass is 380 g/mol. The lowest BCUT2D eigenvalue weighted by Gasteiger charge is -2.31. The molecular formula is C19H17ClN6O. The lowest BCUT2D eigenvalue weighted by atomic mass is 10.1. The Labute approximate surface area is 161 Å². The summed E-state index contributed by atoms with van der Waals surface area (Å²) in [6, 6.07) is 13.8. The van der Waals surface area contributed by atoms with Crippen LogP contribution in [-0.4, -0.2) is 56.7 Å². The summed E-state index contributed by atoms with van der Waals surface area (Å²) in [4.78, 5) is 12.0. The summed E-state index contributed by atoms with van der Waals surface area (Å²) >= 11 is 6.24. The van der Waals surface area contributed by atoms with Crippen molar-refractivity contribution in [2.24, 2.45) is 4.99 Å². The van der Waals surface area contributed by atoms with Crippen LogP contribution in [0.5, 0.6) is 0 Å². The highest BCUT2D eigenvalue weighted by molar-refractivity contribution is 6.30. The molecule has 27 heavy (non-hydrogen) atoms. The number of benzene rings is 1. The Bertz CT molecular complexity index is 996. The van der Waals surface area contributed by atoms with Gasteiger partial charge in [-0.1, -0.05) is 41.9 Å². The summed E-state index contributed by atoms with van der Waals surface area (Å²) in [7, 11) is 0. The molecule has 1 atom stereocenters. The Morgan fingerprint density at radius 2 is 1.85 bits per heavy atom. The van der Waals surface area contributed by atoms with Crippen LogP contribution in [0.2, 0.25) is 5.15 Å². The second kappa shape index (κ2) is 6.84. The van der Waals surface area contributed by atoms with Crippen molar-refractivity contribution in [3.05, 3.63) is 71.0 Å². The van der Waals surface area contributed by atoms with Crippen LogP contribution in [-0.2, 0) is 4.74 Å². The van der Waals surface area contributed by atoms with Crippen LogP contribution in [0.3, 0.4) is 0 Å². The van der Waals surface area contributed by atoms with Gasteiger partial charge in [-0.15, -0.1) is 10.2 Å². The standard InChI is InChI=1S/C19H17ClN6O/c20-15-7-6-14-17(22-15)16(13-4-2-1-3-5-13)23-18(19-24-21-12-26(14)19)25-8-10-27-11-9-25/h1-7,12,18H,8-11H2. The van der Waals surface area contributed by atoms with Crippen molar-refractivity contribution >= 4 is 17.3 Å². The van der Waals surface area contributed by atoms with Gasteiger partial charge in [0.05, 0.1) is 24.6 Å². The first-order valence-electron chi connectivity index (χ1n) is 8.83. The van der Waals surface area contributed by atoms with Crippen molar-refractivity contribution in [3.63, 3.8) is 0 Å². The lowest BCUT2D eigenvalue weighted by molar-refractivity contribution is 0.0159. The van der Waals surface area contributed by atoms with Gasteiger partial charge in [0.1, 0.15) is 17.2 Å². The van der Waals surface area contributed by atoms with Crippen molar-refractivity contribution in [1.82, 2.24) is 24.6 Å². The number of halogens is 1. The molecule has 0 N–H and O–H groups in total. The maximum atomic E-state index is 6.24. The van der Waals surface area contributed by atoms with Crippen LogP contribution in [0.4, 0.5) is 0 Å². The zero-order valence-electron chi connectivity index (χ0n) is 14.5. The molecule has 0 bridgehead atoms. The third-order valence-corrected chi connectivity index (χ3v) is 5.03. The molecule has 2 aromatic heterocycles. The molecule has 1 fully saturated rings. The first kappa shape index (κ1) is 16.6. The van der Waals surface area contributed by atoms with Gasteiger partial charge in [0, 0.05) is 18.7 Å². The molecule has 0 radical (unpaired) electrons. The van der Waals surface area contributed by atoms with E-state index in [0.717, 1.165) is 41.6 Å². The molecule has 3 aromatic rings. The van der Waals surface area contributed by atoms with Gasteiger partial charge in [0.25, 0.3) is 0 Å². The molecule has 0 aliphatic carbocycles. The Morgan fingerprint density at radius 3 is 2.67 bits per heavy atom. The zero-order chi connectivity index (χ0) is 18.2. The molecule has 0 saturated carbocycles. The van der Waals surface area contributed by atoms with E-state index in [1.165, 1.54) is 0 Å². The van der Waals surface area contributed by atoms with Crippen LogP contribution >= 0.6 is 11.6 Å². The largest absolute Gasteiger partial charge is 0.379 e. The minimum absolute atomic E-state index is 0.264. The van der Waals surface area contributed by atoms with Gasteiger partial charge in [-0.2, -0.15) is 0 Å². The highest BCUT2D eigenvalue weighted by atomic mass is 35.5. The van der Waals surface area contributed by atoms with Crippen molar-refractivity contribution < 1.29 is 4.74 Å². The molecule has 2 aliphatic rings. The molecule has 1 unspecified atom stereocenters. The molecule has 4 heterocycles. The maximum absolute atomic E-state index is 6.24. The van der Waals surface area contributed by atoms with Crippen molar-refractivity contribution in [1.29, 1.82) is 0 Å². The maximum Gasteiger partial charge on any atom is 0.177 e. The number of aromatic nitrogens is 4. The van der Waals surface area contributed by atoms with Crippen molar-refractivity contribution in [2.45, 2.75) is 6.17 Å². The van der Waals surface area contributed by atoms with Gasteiger partial charge in [-0.05, 0) is 12.1 Å². The number of aliphatic imine (C=N–C) groups is 1. The predicted octanol–water partition coefficient (Wildman–Crippen LogP) is 2.50. The fraction of sp³-hybridized carbons (Fsp3) is 0.263. The third kappa shape index (κ3) is 2.93. The number of fused-ring (bicyclic) bond motifs is 3. The second-order valence-electron chi connectivity index (χ2n) is 6.43. The van der Waals surface area contributed by atoms with Gasteiger partial charge >= 0.3 is 0 Å². The minimum Gasteiger partial charge on any atom is -0.379 e. The highest BCUT2D eigenvalue weighted by Gasteiger charge is 2.32. The number of ether oxygens (including phenoxy) is 1. The van der Waals surface area contributed by atoms with Crippen LogP contribution in [0.25, 0.3) is 5.69 Å². The van der Waals surface area contributed by atoms with Crippen LogP contribution in [0.1, 0.15) is 23.2 Å². The van der Waals surface area contributed by atoms with Crippen LogP contribution < -0.4 is 0 Å². The SMILES string of the molecule is Clc1ccc2c(n1)C(c1ccccc1)=NC(N1CCOCC1)c1nncn1-2. The van der Waals surface area contributed by atoms with E-state index in [9.17, 15) is 0 Å². The third-order valence-electron chi connectivity index (χ3n) is 4.82. The summed E-state index contributed by atoms with van der Waals surface area (Å²) in [5, 5.41) is 8.95. The lowest BCUT2D eigenvalue weighted by Crippen LogP contribution is -2.39. The fourth-order valence-corrected chi connectivity index (χ4v) is 3.67. The average molecular weight is 381 g/mol. The number of hydrogen-bond acceptors (Lipinski definition) is 6. The summed E-state index contributed by atoms with van der Waals surface area (Å²) in [6.07, 6.45) is 1.44. The van der Waals surface area contributed by atoms with E-state index in [1.807, 2.05) is 41.0 Å². The molecule has 5 rings (SSSR count). The van der Waals surface area contributed by atoms with Gasteiger partial charge in [0.2, 0.25) is 0 Å².